The Morgan fingerprint density at radius 3 is 2.54 bits per heavy atom. The number of hydrogen-bond donors (Lipinski definition) is 1. The van der Waals surface area contributed by atoms with Crippen LogP contribution in [0.2, 0.25) is 0 Å². The first-order chi connectivity index (χ1) is 18.6. The van der Waals surface area contributed by atoms with Gasteiger partial charge in [0.25, 0.3) is 11.8 Å². The summed E-state index contributed by atoms with van der Waals surface area (Å²) in [5.74, 6) is 0.241. The van der Waals surface area contributed by atoms with Gasteiger partial charge in [-0.1, -0.05) is 6.07 Å². The van der Waals surface area contributed by atoms with E-state index >= 15 is 0 Å². The maximum atomic E-state index is 13.2. The highest BCUT2D eigenvalue weighted by Gasteiger charge is 2.31. The predicted octanol–water partition coefficient (Wildman–Crippen LogP) is 4.62. The van der Waals surface area contributed by atoms with Gasteiger partial charge < -0.3 is 24.6 Å². The van der Waals surface area contributed by atoms with Crippen LogP contribution < -0.4 is 19.9 Å². The second kappa shape index (κ2) is 10.6. The maximum absolute atomic E-state index is 13.2. The Bertz CT molecular complexity index is 1410. The number of nitrogens with one attached hydrogen (secondary N) is 1. The summed E-state index contributed by atoms with van der Waals surface area (Å²) in [5, 5.41) is 3.68. The number of hydrogen-bond acceptors (Lipinski definition) is 8. The lowest BCUT2D eigenvalue weighted by molar-refractivity contribution is 0.0240. The van der Waals surface area contributed by atoms with Gasteiger partial charge in [-0.15, -0.1) is 11.3 Å². The number of rotatable bonds is 5. The van der Waals surface area contributed by atoms with Crippen molar-refractivity contribution in [3.8, 4) is 5.75 Å². The SMILES string of the molecule is COc1ccc2c(c1)C(=O)N(c1ccc(C(=O)Nc3cnccc3N3CCN(C(=O)OC(C)(C)C)CC3)s1)C2. The molecule has 2 aliphatic rings. The van der Waals surface area contributed by atoms with Gasteiger partial charge in [0, 0.05) is 37.9 Å². The van der Waals surface area contributed by atoms with Gasteiger partial charge in [-0.2, -0.15) is 0 Å². The molecule has 10 nitrogen and oxygen atoms in total. The number of carbonyl (C=O) groups is 3. The number of carbonyl (C=O) groups excluding carboxylic acids is 3. The molecule has 2 aromatic heterocycles. The van der Waals surface area contributed by atoms with E-state index < -0.39 is 5.60 Å². The van der Waals surface area contributed by atoms with Gasteiger partial charge in [0.05, 0.1) is 41.1 Å². The first-order valence-electron chi connectivity index (χ1n) is 12.7. The van der Waals surface area contributed by atoms with Crippen LogP contribution in [0.3, 0.4) is 0 Å². The topological polar surface area (TPSA) is 104 Å². The molecule has 204 valence electrons. The molecular weight excluding hydrogens is 518 g/mol. The highest BCUT2D eigenvalue weighted by Crippen LogP contribution is 2.35. The number of amides is 3. The quantitative estimate of drug-likeness (QED) is 0.495. The first-order valence-corrected chi connectivity index (χ1v) is 13.5. The Hall–Kier alpha value is -4.12. The summed E-state index contributed by atoms with van der Waals surface area (Å²) in [4.78, 5) is 48.8. The predicted molar refractivity (Wildman–Crippen MR) is 150 cm³/mol. The van der Waals surface area contributed by atoms with Crippen molar-refractivity contribution in [3.63, 3.8) is 0 Å². The Balaban J connectivity index is 1.24. The Morgan fingerprint density at radius 1 is 1.05 bits per heavy atom. The van der Waals surface area contributed by atoms with Crippen molar-refractivity contribution in [2.24, 2.45) is 0 Å². The average Bonchev–Trinajstić information content (AvgIpc) is 3.53. The van der Waals surface area contributed by atoms with Gasteiger partial charge in [0.1, 0.15) is 11.4 Å². The number of methoxy groups -OCH3 is 1. The highest BCUT2D eigenvalue weighted by atomic mass is 32.1. The van der Waals surface area contributed by atoms with Gasteiger partial charge >= 0.3 is 6.09 Å². The second-order valence-electron chi connectivity index (χ2n) is 10.4. The molecule has 2 aliphatic heterocycles. The standard InChI is InChI=1S/C28H31N5O5S/c1-28(2,3)38-27(36)32-13-11-31(12-14-32)22-9-10-29-16-21(22)30-25(34)23-7-8-24(39-23)33-17-18-5-6-19(37-4)15-20(18)26(33)35/h5-10,15-16H,11-14,17H2,1-4H3,(H,30,34). The summed E-state index contributed by atoms with van der Waals surface area (Å²) in [6.45, 7) is 8.21. The summed E-state index contributed by atoms with van der Waals surface area (Å²) in [6.07, 6.45) is 2.98. The first kappa shape index (κ1) is 26.5. The number of pyridine rings is 1. The maximum Gasteiger partial charge on any atom is 0.410 e. The molecule has 5 rings (SSSR count). The number of piperazine rings is 1. The second-order valence-corrected chi connectivity index (χ2v) is 11.4. The summed E-state index contributed by atoms with van der Waals surface area (Å²) in [5.41, 5.74) is 2.41. The summed E-state index contributed by atoms with van der Waals surface area (Å²) in [7, 11) is 1.57. The lowest BCUT2D eigenvalue weighted by Gasteiger charge is -2.37. The third kappa shape index (κ3) is 5.68. The van der Waals surface area contributed by atoms with Gasteiger partial charge in [-0.25, -0.2) is 4.79 Å². The molecule has 1 aromatic carbocycles. The van der Waals surface area contributed by atoms with Crippen molar-refractivity contribution in [2.45, 2.75) is 32.9 Å². The third-order valence-corrected chi connectivity index (χ3v) is 7.63. The van der Waals surface area contributed by atoms with Crippen LogP contribution in [0.15, 0.2) is 48.8 Å². The van der Waals surface area contributed by atoms with Crippen molar-refractivity contribution in [3.05, 3.63) is 64.8 Å². The zero-order valence-corrected chi connectivity index (χ0v) is 23.2. The monoisotopic (exact) mass is 549 g/mol. The van der Waals surface area contributed by atoms with E-state index in [2.05, 4.69) is 15.2 Å². The fraction of sp³-hybridized carbons (Fsp3) is 0.357. The molecule has 1 fully saturated rings. The number of anilines is 3. The summed E-state index contributed by atoms with van der Waals surface area (Å²) in [6, 6.07) is 10.8. The van der Waals surface area contributed by atoms with Crippen molar-refractivity contribution in [1.29, 1.82) is 0 Å². The van der Waals surface area contributed by atoms with E-state index in [0.717, 1.165) is 11.3 Å². The molecule has 1 saturated heterocycles. The summed E-state index contributed by atoms with van der Waals surface area (Å²) >= 11 is 1.26. The van der Waals surface area contributed by atoms with Crippen LogP contribution in [-0.2, 0) is 11.3 Å². The molecule has 3 aromatic rings. The van der Waals surface area contributed by atoms with Gasteiger partial charge in [-0.3, -0.25) is 19.5 Å². The number of nitrogens with zero attached hydrogens (tertiary/aromatic N) is 4. The van der Waals surface area contributed by atoms with E-state index in [9.17, 15) is 14.4 Å². The largest absolute Gasteiger partial charge is 0.497 e. The molecule has 0 saturated carbocycles. The molecule has 1 N–H and O–H groups in total. The fourth-order valence-electron chi connectivity index (χ4n) is 4.58. The normalized spacial score (nSPS) is 15.3. The van der Waals surface area contributed by atoms with E-state index in [1.807, 2.05) is 39.0 Å². The number of ether oxygens (including phenoxy) is 2. The number of aromatic nitrogens is 1. The molecular formula is C28H31N5O5S. The van der Waals surface area contributed by atoms with Gasteiger partial charge in [-0.05, 0) is 56.7 Å². The molecule has 0 radical (unpaired) electrons. The minimum absolute atomic E-state index is 0.113. The van der Waals surface area contributed by atoms with Crippen LogP contribution in [0.1, 0.15) is 46.4 Å². The van der Waals surface area contributed by atoms with Gasteiger partial charge in [0.15, 0.2) is 0 Å². The molecule has 4 heterocycles. The van der Waals surface area contributed by atoms with E-state index in [-0.39, 0.29) is 17.9 Å². The molecule has 0 aliphatic carbocycles. The zero-order valence-electron chi connectivity index (χ0n) is 22.4. The van der Waals surface area contributed by atoms with E-state index in [0.29, 0.717) is 59.6 Å². The number of benzene rings is 1. The van der Waals surface area contributed by atoms with Crippen LogP contribution in [0.4, 0.5) is 21.2 Å². The van der Waals surface area contributed by atoms with Crippen LogP contribution >= 0.6 is 11.3 Å². The zero-order chi connectivity index (χ0) is 27.7. The Labute approximate surface area is 231 Å². The molecule has 0 bridgehead atoms. The molecule has 0 atom stereocenters. The third-order valence-electron chi connectivity index (χ3n) is 6.52. The number of fused-ring (bicyclic) bond motifs is 1. The lowest BCUT2D eigenvalue weighted by atomic mass is 10.1. The minimum Gasteiger partial charge on any atom is -0.497 e. The number of thiophene rings is 1. The van der Waals surface area contributed by atoms with E-state index in [1.54, 1.807) is 47.5 Å². The lowest BCUT2D eigenvalue weighted by Crippen LogP contribution is -2.50. The summed E-state index contributed by atoms with van der Waals surface area (Å²) < 4.78 is 10.7. The smallest absolute Gasteiger partial charge is 0.410 e. The average molecular weight is 550 g/mol. The molecule has 0 spiro atoms. The van der Waals surface area contributed by atoms with Crippen LogP contribution in [0, 0.1) is 0 Å². The van der Waals surface area contributed by atoms with Crippen molar-refractivity contribution < 1.29 is 23.9 Å². The highest BCUT2D eigenvalue weighted by molar-refractivity contribution is 7.18. The van der Waals surface area contributed by atoms with E-state index in [4.69, 9.17) is 9.47 Å². The Morgan fingerprint density at radius 2 is 1.82 bits per heavy atom. The van der Waals surface area contributed by atoms with Crippen LogP contribution in [-0.4, -0.2) is 66.7 Å². The molecule has 0 unspecified atom stereocenters. The minimum atomic E-state index is -0.544. The van der Waals surface area contributed by atoms with Crippen molar-refractivity contribution in [2.75, 3.05) is 48.4 Å². The van der Waals surface area contributed by atoms with Gasteiger partial charge in [0.2, 0.25) is 0 Å². The van der Waals surface area contributed by atoms with E-state index in [1.165, 1.54) is 11.3 Å². The molecule has 11 heteroatoms. The van der Waals surface area contributed by atoms with Crippen molar-refractivity contribution >= 4 is 45.6 Å². The fourth-order valence-corrected chi connectivity index (χ4v) is 5.48. The van der Waals surface area contributed by atoms with Crippen LogP contribution in [0.25, 0.3) is 0 Å². The van der Waals surface area contributed by atoms with Crippen molar-refractivity contribution in [1.82, 2.24) is 9.88 Å². The molecule has 3 amide bonds. The molecule has 39 heavy (non-hydrogen) atoms. The van der Waals surface area contributed by atoms with Crippen LogP contribution in [0.5, 0.6) is 5.75 Å². The Kier molecular flexibility index (Phi) is 7.17.